The largest absolute Gasteiger partial charge is 0.343 e. The van der Waals surface area contributed by atoms with E-state index < -0.39 is 6.03 Å². The maximum atomic E-state index is 11.6. The zero-order valence-corrected chi connectivity index (χ0v) is 9.70. The summed E-state index contributed by atoms with van der Waals surface area (Å²) in [5.74, 6) is 0.0719. The van der Waals surface area contributed by atoms with E-state index in [1.54, 1.807) is 0 Å². The van der Waals surface area contributed by atoms with Gasteiger partial charge in [0.05, 0.1) is 0 Å². The van der Waals surface area contributed by atoms with Gasteiger partial charge in [-0.25, -0.2) is 9.80 Å². The van der Waals surface area contributed by atoms with Gasteiger partial charge >= 0.3 is 6.03 Å². The normalized spacial score (nSPS) is 20.8. The SMILES string of the molecule is O=C1CN(NC(=O)CCC2CCCC2)C(=O)N1. The fraction of sp³-hybridized carbons (Fsp3) is 0.727. The van der Waals surface area contributed by atoms with Crippen molar-refractivity contribution in [3.05, 3.63) is 0 Å². The number of carbonyl (C=O) groups is 3. The summed E-state index contributed by atoms with van der Waals surface area (Å²) in [5.41, 5.74) is 2.44. The first-order valence-corrected chi connectivity index (χ1v) is 6.06. The fourth-order valence-corrected chi connectivity index (χ4v) is 2.37. The van der Waals surface area contributed by atoms with E-state index in [9.17, 15) is 14.4 Å². The maximum absolute atomic E-state index is 11.6. The molecule has 0 radical (unpaired) electrons. The molecule has 1 aliphatic heterocycles. The van der Waals surface area contributed by atoms with E-state index in [1.807, 2.05) is 0 Å². The van der Waals surface area contributed by atoms with Crippen LogP contribution in [0.4, 0.5) is 4.79 Å². The molecule has 0 spiro atoms. The van der Waals surface area contributed by atoms with Crippen molar-refractivity contribution in [2.75, 3.05) is 6.54 Å². The molecule has 0 aromatic rings. The number of amides is 4. The van der Waals surface area contributed by atoms with Gasteiger partial charge < -0.3 is 0 Å². The van der Waals surface area contributed by atoms with Crippen LogP contribution in [0.2, 0.25) is 0 Å². The van der Waals surface area contributed by atoms with Crippen molar-refractivity contribution in [3.63, 3.8) is 0 Å². The van der Waals surface area contributed by atoms with Gasteiger partial charge in [0.2, 0.25) is 11.8 Å². The quantitative estimate of drug-likeness (QED) is 0.703. The molecule has 0 aromatic heterocycles. The number of urea groups is 1. The van der Waals surface area contributed by atoms with Crippen molar-refractivity contribution in [3.8, 4) is 0 Å². The number of carbonyl (C=O) groups excluding carboxylic acids is 3. The standard InChI is InChI=1S/C11H17N3O3/c15-9(6-5-8-3-1-2-4-8)13-14-7-10(16)12-11(14)17/h8H,1-7H2,(H,13,15)(H,12,16,17). The molecule has 0 bridgehead atoms. The molecule has 2 N–H and O–H groups in total. The molecule has 94 valence electrons. The van der Waals surface area contributed by atoms with Crippen molar-refractivity contribution in [2.24, 2.45) is 5.92 Å². The van der Waals surface area contributed by atoms with Crippen LogP contribution in [0.3, 0.4) is 0 Å². The van der Waals surface area contributed by atoms with Crippen LogP contribution >= 0.6 is 0 Å². The van der Waals surface area contributed by atoms with Gasteiger partial charge in [-0.3, -0.25) is 20.3 Å². The highest BCUT2D eigenvalue weighted by Crippen LogP contribution is 2.28. The molecule has 0 aromatic carbocycles. The van der Waals surface area contributed by atoms with Gasteiger partial charge in [-0.15, -0.1) is 0 Å². The molecule has 6 heteroatoms. The van der Waals surface area contributed by atoms with E-state index >= 15 is 0 Å². The Morgan fingerprint density at radius 1 is 1.35 bits per heavy atom. The summed E-state index contributed by atoms with van der Waals surface area (Å²) >= 11 is 0. The fourth-order valence-electron chi connectivity index (χ4n) is 2.37. The van der Waals surface area contributed by atoms with E-state index in [4.69, 9.17) is 0 Å². The smallest absolute Gasteiger partial charge is 0.275 e. The zero-order chi connectivity index (χ0) is 12.3. The Hall–Kier alpha value is -1.59. The lowest BCUT2D eigenvalue weighted by atomic mass is 10.0. The molecule has 1 saturated carbocycles. The predicted molar refractivity (Wildman–Crippen MR) is 59.6 cm³/mol. The minimum absolute atomic E-state index is 0.0893. The second kappa shape index (κ2) is 5.16. The summed E-state index contributed by atoms with van der Waals surface area (Å²) in [7, 11) is 0. The van der Waals surface area contributed by atoms with Gasteiger partial charge in [-0.1, -0.05) is 25.7 Å². The molecular weight excluding hydrogens is 222 g/mol. The van der Waals surface area contributed by atoms with Crippen LogP contribution in [0, 0.1) is 5.92 Å². The number of nitrogens with zero attached hydrogens (tertiary/aromatic N) is 1. The van der Waals surface area contributed by atoms with Crippen LogP contribution in [0.1, 0.15) is 38.5 Å². The molecule has 1 saturated heterocycles. The molecular formula is C11H17N3O3. The molecule has 0 unspecified atom stereocenters. The summed E-state index contributed by atoms with van der Waals surface area (Å²) in [6, 6.07) is -0.552. The number of imide groups is 1. The van der Waals surface area contributed by atoms with Crippen LogP contribution in [-0.2, 0) is 9.59 Å². The van der Waals surface area contributed by atoms with Crippen LogP contribution < -0.4 is 10.7 Å². The van der Waals surface area contributed by atoms with Gasteiger partial charge in [0, 0.05) is 6.42 Å². The van der Waals surface area contributed by atoms with E-state index in [0.717, 1.165) is 11.4 Å². The molecule has 2 aliphatic rings. The van der Waals surface area contributed by atoms with Gasteiger partial charge in [0.25, 0.3) is 0 Å². The number of hydrogen-bond acceptors (Lipinski definition) is 3. The molecule has 0 atom stereocenters. The second-order valence-electron chi connectivity index (χ2n) is 4.66. The third kappa shape index (κ3) is 3.18. The van der Waals surface area contributed by atoms with Gasteiger partial charge in [0.1, 0.15) is 6.54 Å². The molecule has 2 rings (SSSR count). The third-order valence-electron chi connectivity index (χ3n) is 3.31. The van der Waals surface area contributed by atoms with Gasteiger partial charge in [0.15, 0.2) is 0 Å². The molecule has 2 fully saturated rings. The average molecular weight is 239 g/mol. The van der Waals surface area contributed by atoms with Gasteiger partial charge in [-0.2, -0.15) is 0 Å². The molecule has 1 heterocycles. The Labute approximate surface area is 99.7 Å². The lowest BCUT2D eigenvalue weighted by Crippen LogP contribution is -2.44. The summed E-state index contributed by atoms with van der Waals surface area (Å²) in [5, 5.41) is 3.13. The lowest BCUT2D eigenvalue weighted by molar-refractivity contribution is -0.125. The lowest BCUT2D eigenvalue weighted by Gasteiger charge is -2.15. The Kier molecular flexibility index (Phi) is 3.61. The molecule has 6 nitrogen and oxygen atoms in total. The number of hydrazine groups is 1. The summed E-state index contributed by atoms with van der Waals surface area (Å²) in [6.45, 7) is -0.0893. The topological polar surface area (TPSA) is 78.5 Å². The van der Waals surface area contributed by atoms with Crippen molar-refractivity contribution in [1.82, 2.24) is 15.8 Å². The van der Waals surface area contributed by atoms with Crippen molar-refractivity contribution >= 4 is 17.8 Å². The van der Waals surface area contributed by atoms with Crippen LogP contribution in [-0.4, -0.2) is 29.4 Å². The maximum Gasteiger partial charge on any atom is 0.343 e. The van der Waals surface area contributed by atoms with Crippen molar-refractivity contribution < 1.29 is 14.4 Å². The van der Waals surface area contributed by atoms with E-state index in [-0.39, 0.29) is 18.4 Å². The van der Waals surface area contributed by atoms with Crippen LogP contribution in [0.15, 0.2) is 0 Å². The van der Waals surface area contributed by atoms with Crippen molar-refractivity contribution in [1.29, 1.82) is 0 Å². The molecule has 17 heavy (non-hydrogen) atoms. The Bertz CT molecular complexity index is 337. The van der Waals surface area contributed by atoms with Crippen LogP contribution in [0.25, 0.3) is 0 Å². The monoisotopic (exact) mass is 239 g/mol. The summed E-state index contributed by atoms with van der Waals surface area (Å²) < 4.78 is 0. The molecule has 4 amide bonds. The zero-order valence-electron chi connectivity index (χ0n) is 9.70. The Balaban J connectivity index is 1.69. The minimum atomic E-state index is -0.552. The van der Waals surface area contributed by atoms with Crippen molar-refractivity contribution in [2.45, 2.75) is 38.5 Å². The Morgan fingerprint density at radius 2 is 2.06 bits per heavy atom. The van der Waals surface area contributed by atoms with E-state index in [0.29, 0.717) is 12.3 Å². The number of hydrogen-bond donors (Lipinski definition) is 2. The number of nitrogens with one attached hydrogen (secondary N) is 2. The Morgan fingerprint density at radius 3 is 2.65 bits per heavy atom. The first-order chi connectivity index (χ1) is 8.15. The highest BCUT2D eigenvalue weighted by molar-refractivity contribution is 6.02. The van der Waals surface area contributed by atoms with E-state index in [1.165, 1.54) is 25.7 Å². The minimum Gasteiger partial charge on any atom is -0.275 e. The van der Waals surface area contributed by atoms with Crippen LogP contribution in [0.5, 0.6) is 0 Å². The first kappa shape index (κ1) is 11.9. The average Bonchev–Trinajstić information content (AvgIpc) is 2.87. The second-order valence-corrected chi connectivity index (χ2v) is 4.66. The third-order valence-corrected chi connectivity index (χ3v) is 3.31. The summed E-state index contributed by atoms with van der Waals surface area (Å²) in [6.07, 6.45) is 6.22. The molecule has 1 aliphatic carbocycles. The highest BCUT2D eigenvalue weighted by Gasteiger charge is 2.28. The highest BCUT2D eigenvalue weighted by atomic mass is 16.2. The summed E-state index contributed by atoms with van der Waals surface area (Å²) in [4.78, 5) is 33.6. The first-order valence-electron chi connectivity index (χ1n) is 6.06. The number of rotatable bonds is 4. The van der Waals surface area contributed by atoms with Gasteiger partial charge in [-0.05, 0) is 12.3 Å². The van der Waals surface area contributed by atoms with E-state index in [2.05, 4.69) is 10.7 Å². The predicted octanol–water partition coefficient (Wildman–Crippen LogP) is 0.540.